The van der Waals surface area contributed by atoms with Crippen molar-refractivity contribution in [3.05, 3.63) is 48.6 Å². The zero-order valence-electron chi connectivity index (χ0n) is 8.86. The highest BCUT2D eigenvalue weighted by molar-refractivity contribution is 5.05. The zero-order chi connectivity index (χ0) is 9.90. The van der Waals surface area contributed by atoms with Crippen LogP contribution in [0.15, 0.2) is 48.6 Å². The Morgan fingerprint density at radius 2 is 1.07 bits per heavy atom. The van der Waals surface area contributed by atoms with E-state index < -0.39 is 0 Å². The van der Waals surface area contributed by atoms with Gasteiger partial charge in [-0.1, -0.05) is 48.6 Å². The molecular weight excluding hydrogens is 168 g/mol. The molecule has 1 aliphatic carbocycles. The highest BCUT2D eigenvalue weighted by Crippen LogP contribution is 2.03. The van der Waals surface area contributed by atoms with Gasteiger partial charge in [0.15, 0.2) is 0 Å². The Morgan fingerprint density at radius 3 is 1.93 bits per heavy atom. The fraction of sp³-hybridized carbons (Fsp3) is 0.429. The second kappa shape index (κ2) is 8.55. The fourth-order valence-corrected chi connectivity index (χ4v) is 1.42. The highest BCUT2D eigenvalue weighted by Gasteiger charge is 1.83. The van der Waals surface area contributed by atoms with Gasteiger partial charge in [-0.2, -0.15) is 0 Å². The minimum atomic E-state index is 1.05. The van der Waals surface area contributed by atoms with E-state index in [1.165, 1.54) is 25.7 Å². The molecule has 1 rings (SSSR count). The van der Waals surface area contributed by atoms with Crippen LogP contribution in [0.5, 0.6) is 0 Å². The van der Waals surface area contributed by atoms with Crippen LogP contribution in [-0.2, 0) is 0 Å². The number of rotatable bonds is 0. The molecule has 0 saturated heterocycles. The van der Waals surface area contributed by atoms with Crippen LogP contribution >= 0.6 is 0 Å². The van der Waals surface area contributed by atoms with Crippen LogP contribution in [0.4, 0.5) is 0 Å². The Hall–Kier alpha value is -1.04. The van der Waals surface area contributed by atoms with E-state index in [4.69, 9.17) is 0 Å². The second-order valence-electron chi connectivity index (χ2n) is 3.55. The third-order valence-electron chi connectivity index (χ3n) is 2.25. The lowest BCUT2D eigenvalue weighted by molar-refractivity contribution is 0.761. The van der Waals surface area contributed by atoms with Gasteiger partial charge in [0.05, 0.1) is 0 Å². The molecule has 0 fully saturated rings. The van der Waals surface area contributed by atoms with Crippen molar-refractivity contribution in [2.24, 2.45) is 0 Å². The van der Waals surface area contributed by atoms with Gasteiger partial charge < -0.3 is 0 Å². The lowest BCUT2D eigenvalue weighted by atomic mass is 10.1. The smallest absolute Gasteiger partial charge is 0.0166 e. The van der Waals surface area contributed by atoms with Crippen LogP contribution in [0.25, 0.3) is 0 Å². The molecule has 0 aromatic carbocycles. The first-order chi connectivity index (χ1) is 7.00. The maximum atomic E-state index is 2.30. The van der Waals surface area contributed by atoms with E-state index in [1.54, 1.807) is 0 Å². The molecule has 0 bridgehead atoms. The molecule has 14 heavy (non-hydrogen) atoms. The summed E-state index contributed by atoms with van der Waals surface area (Å²) in [5.74, 6) is 0. The molecule has 0 amide bonds. The van der Waals surface area contributed by atoms with Crippen LogP contribution in [0.2, 0.25) is 0 Å². The molecule has 0 aliphatic heterocycles. The Bertz CT molecular complexity index is 228. The lowest BCUT2D eigenvalue weighted by Crippen LogP contribution is -1.72. The molecule has 0 nitrogen and oxygen atoms in total. The Balaban J connectivity index is 2.35. The highest BCUT2D eigenvalue weighted by atomic mass is 13.9. The minimum absolute atomic E-state index is 1.05. The van der Waals surface area contributed by atoms with E-state index in [9.17, 15) is 0 Å². The molecule has 0 unspecified atom stereocenters. The van der Waals surface area contributed by atoms with Crippen LogP contribution in [0, 0.1) is 0 Å². The molecule has 0 heterocycles. The van der Waals surface area contributed by atoms with Gasteiger partial charge in [0.2, 0.25) is 0 Å². The van der Waals surface area contributed by atoms with Gasteiger partial charge in [-0.3, -0.25) is 0 Å². The van der Waals surface area contributed by atoms with Crippen LogP contribution in [-0.4, -0.2) is 0 Å². The second-order valence-corrected chi connectivity index (χ2v) is 3.55. The molecule has 0 aromatic rings. The zero-order valence-corrected chi connectivity index (χ0v) is 8.86. The average Bonchev–Trinajstić information content (AvgIpc) is 2.22. The summed E-state index contributed by atoms with van der Waals surface area (Å²) in [5.41, 5.74) is 0. The standard InChI is InChI=1S/C14H20/c1-2-4-6-8-10-12-14-13-11-9-7-5-3-1/h1-4,7,9,13-14H,5-6,8,10-12H2/b3-1+,4-2-,9-7?,14-13-. The van der Waals surface area contributed by atoms with E-state index in [0.29, 0.717) is 0 Å². The van der Waals surface area contributed by atoms with E-state index in [1.807, 2.05) is 0 Å². The SMILES string of the molecule is C1=CC/C=C/C=C\CCCC/C=C\C1. The molecule has 0 N–H and O–H groups in total. The van der Waals surface area contributed by atoms with Crippen molar-refractivity contribution >= 4 is 0 Å². The number of hydrogen-bond donors (Lipinski definition) is 0. The van der Waals surface area contributed by atoms with Crippen LogP contribution in [0.3, 0.4) is 0 Å². The van der Waals surface area contributed by atoms with Crippen molar-refractivity contribution in [3.8, 4) is 0 Å². The van der Waals surface area contributed by atoms with Crippen LogP contribution in [0.1, 0.15) is 38.5 Å². The quantitative estimate of drug-likeness (QED) is 0.489. The van der Waals surface area contributed by atoms with Gasteiger partial charge in [0, 0.05) is 0 Å². The lowest BCUT2D eigenvalue weighted by Gasteiger charge is -1.93. The first kappa shape index (κ1) is 11.0. The van der Waals surface area contributed by atoms with Crippen molar-refractivity contribution in [1.82, 2.24) is 0 Å². The molecule has 0 aromatic heterocycles. The fourth-order valence-electron chi connectivity index (χ4n) is 1.42. The monoisotopic (exact) mass is 188 g/mol. The molecule has 0 atom stereocenters. The summed E-state index contributed by atoms with van der Waals surface area (Å²) in [6, 6.07) is 0. The molecule has 0 spiro atoms. The van der Waals surface area contributed by atoms with Crippen molar-refractivity contribution in [3.63, 3.8) is 0 Å². The molecule has 0 heteroatoms. The van der Waals surface area contributed by atoms with Crippen molar-refractivity contribution < 1.29 is 0 Å². The normalized spacial score (nSPS) is 26.3. The Labute approximate surface area is 87.7 Å². The summed E-state index contributed by atoms with van der Waals surface area (Å²) in [6.07, 6.45) is 25.0. The first-order valence-electron chi connectivity index (χ1n) is 5.62. The summed E-state index contributed by atoms with van der Waals surface area (Å²) in [5, 5.41) is 0. The van der Waals surface area contributed by atoms with E-state index in [0.717, 1.165) is 12.8 Å². The van der Waals surface area contributed by atoms with E-state index in [2.05, 4.69) is 48.6 Å². The maximum Gasteiger partial charge on any atom is -0.0166 e. The first-order valence-corrected chi connectivity index (χ1v) is 5.62. The number of hydrogen-bond acceptors (Lipinski definition) is 0. The summed E-state index contributed by atoms with van der Waals surface area (Å²) in [7, 11) is 0. The summed E-state index contributed by atoms with van der Waals surface area (Å²) >= 11 is 0. The van der Waals surface area contributed by atoms with Crippen molar-refractivity contribution in [1.29, 1.82) is 0 Å². The van der Waals surface area contributed by atoms with Gasteiger partial charge in [0.25, 0.3) is 0 Å². The third kappa shape index (κ3) is 6.47. The topological polar surface area (TPSA) is 0 Å². The van der Waals surface area contributed by atoms with Crippen LogP contribution < -0.4 is 0 Å². The Morgan fingerprint density at radius 1 is 0.500 bits per heavy atom. The molecule has 0 saturated carbocycles. The predicted molar refractivity (Wildman–Crippen MR) is 64.3 cm³/mol. The predicted octanol–water partition coefficient (Wildman–Crippen LogP) is 4.57. The molecule has 0 radical (unpaired) electrons. The summed E-state index contributed by atoms with van der Waals surface area (Å²) in [4.78, 5) is 0. The van der Waals surface area contributed by atoms with Gasteiger partial charge in [-0.15, -0.1) is 0 Å². The summed E-state index contributed by atoms with van der Waals surface area (Å²) < 4.78 is 0. The van der Waals surface area contributed by atoms with Crippen molar-refractivity contribution in [2.75, 3.05) is 0 Å². The van der Waals surface area contributed by atoms with Crippen molar-refractivity contribution in [2.45, 2.75) is 38.5 Å². The third-order valence-corrected chi connectivity index (χ3v) is 2.25. The van der Waals surface area contributed by atoms with E-state index >= 15 is 0 Å². The minimum Gasteiger partial charge on any atom is -0.0882 e. The average molecular weight is 188 g/mol. The number of allylic oxidation sites excluding steroid dienone is 8. The van der Waals surface area contributed by atoms with Gasteiger partial charge in [-0.05, 0) is 38.5 Å². The Kier molecular flexibility index (Phi) is 6.74. The van der Waals surface area contributed by atoms with Gasteiger partial charge in [-0.25, -0.2) is 0 Å². The summed E-state index contributed by atoms with van der Waals surface area (Å²) in [6.45, 7) is 0. The van der Waals surface area contributed by atoms with E-state index in [-0.39, 0.29) is 0 Å². The molecular formula is C14H20. The molecule has 76 valence electrons. The largest absolute Gasteiger partial charge is 0.0882 e. The maximum absolute atomic E-state index is 2.30. The van der Waals surface area contributed by atoms with Gasteiger partial charge >= 0.3 is 0 Å². The molecule has 1 aliphatic rings. The van der Waals surface area contributed by atoms with Gasteiger partial charge in [0.1, 0.15) is 0 Å².